The van der Waals surface area contributed by atoms with E-state index in [0.29, 0.717) is 27.9 Å². The Morgan fingerprint density at radius 2 is 1.84 bits per heavy atom. The zero-order valence-electron chi connectivity index (χ0n) is 10.5. The molecular weight excluding hydrogens is 309 g/mol. The summed E-state index contributed by atoms with van der Waals surface area (Å²) in [6.07, 6.45) is 1.08. The number of benzene rings is 1. The molecule has 0 aliphatic carbocycles. The predicted molar refractivity (Wildman–Crippen MR) is 79.1 cm³/mol. The molecule has 6 heteroatoms. The molecule has 0 bridgehead atoms. The summed E-state index contributed by atoms with van der Waals surface area (Å²) in [5.74, 6) is -1.30. The van der Waals surface area contributed by atoms with E-state index >= 15 is 0 Å². The van der Waals surface area contributed by atoms with Crippen molar-refractivity contribution in [2.24, 2.45) is 17.6 Å². The lowest BCUT2D eigenvalue weighted by Gasteiger charge is -2.17. The summed E-state index contributed by atoms with van der Waals surface area (Å²) in [4.78, 5) is 10.9. The zero-order valence-corrected chi connectivity index (χ0v) is 12.8. The number of hydrogen-bond donors (Lipinski definition) is 2. The molecule has 0 saturated heterocycles. The Kier molecular flexibility index (Phi) is 6.40. The fourth-order valence-corrected chi connectivity index (χ4v) is 2.95. The molecular formula is C13H16Cl3NO2. The van der Waals surface area contributed by atoms with E-state index in [-0.39, 0.29) is 12.5 Å². The van der Waals surface area contributed by atoms with Crippen LogP contribution < -0.4 is 5.73 Å². The van der Waals surface area contributed by atoms with Crippen molar-refractivity contribution in [2.45, 2.75) is 19.8 Å². The Morgan fingerprint density at radius 1 is 1.32 bits per heavy atom. The highest BCUT2D eigenvalue weighted by atomic mass is 35.5. The molecule has 1 aromatic rings. The first-order valence-electron chi connectivity index (χ1n) is 5.91. The van der Waals surface area contributed by atoms with E-state index < -0.39 is 11.9 Å². The molecule has 0 amide bonds. The van der Waals surface area contributed by atoms with Gasteiger partial charge in [-0.05, 0) is 36.5 Å². The van der Waals surface area contributed by atoms with Crippen LogP contribution in [0.25, 0.3) is 0 Å². The van der Waals surface area contributed by atoms with Gasteiger partial charge in [0.2, 0.25) is 0 Å². The normalized spacial score (nSPS) is 14.2. The van der Waals surface area contributed by atoms with Crippen molar-refractivity contribution in [1.82, 2.24) is 0 Å². The summed E-state index contributed by atoms with van der Waals surface area (Å²) in [5, 5.41) is 10.5. The number of aliphatic carboxylic acids is 1. The summed E-state index contributed by atoms with van der Waals surface area (Å²) < 4.78 is 0. The van der Waals surface area contributed by atoms with Crippen LogP contribution in [0.1, 0.15) is 18.9 Å². The third-order valence-corrected chi connectivity index (χ3v) is 3.87. The molecule has 3 N–H and O–H groups in total. The Labute approximate surface area is 127 Å². The molecule has 0 aliphatic rings. The number of carbonyl (C=O) groups is 1. The van der Waals surface area contributed by atoms with Crippen molar-refractivity contribution in [3.63, 3.8) is 0 Å². The lowest BCUT2D eigenvalue weighted by molar-refractivity contribution is -0.141. The van der Waals surface area contributed by atoms with E-state index in [4.69, 9.17) is 45.6 Å². The minimum Gasteiger partial charge on any atom is -0.481 e. The minimum atomic E-state index is -0.873. The van der Waals surface area contributed by atoms with Crippen molar-refractivity contribution in [3.8, 4) is 0 Å². The molecule has 1 aromatic carbocycles. The van der Waals surface area contributed by atoms with Crippen LogP contribution >= 0.6 is 34.8 Å². The second kappa shape index (κ2) is 7.34. The summed E-state index contributed by atoms with van der Waals surface area (Å²) >= 11 is 18.0. The first kappa shape index (κ1) is 16.6. The second-order valence-corrected chi connectivity index (χ2v) is 5.91. The predicted octanol–water partition coefficient (Wildman–Crippen LogP) is 3.88. The molecule has 3 nitrogen and oxygen atoms in total. The van der Waals surface area contributed by atoms with E-state index in [9.17, 15) is 4.79 Å². The van der Waals surface area contributed by atoms with Crippen LogP contribution in [0.15, 0.2) is 12.1 Å². The van der Waals surface area contributed by atoms with Crippen molar-refractivity contribution in [2.75, 3.05) is 6.54 Å². The highest BCUT2D eigenvalue weighted by molar-refractivity contribution is 6.39. The summed E-state index contributed by atoms with van der Waals surface area (Å²) in [5.41, 5.74) is 6.24. The minimum absolute atomic E-state index is 0.112. The lowest BCUT2D eigenvalue weighted by atomic mass is 9.91. The van der Waals surface area contributed by atoms with Crippen LogP contribution in [0.4, 0.5) is 0 Å². The van der Waals surface area contributed by atoms with Crippen molar-refractivity contribution >= 4 is 40.8 Å². The Balaban J connectivity index is 2.77. The molecule has 2 atom stereocenters. The summed E-state index contributed by atoms with van der Waals surface area (Å²) in [6.45, 7) is 2.08. The third-order valence-electron chi connectivity index (χ3n) is 2.98. The average Bonchev–Trinajstić information content (AvgIpc) is 2.30. The fourth-order valence-electron chi connectivity index (χ4n) is 1.98. The van der Waals surface area contributed by atoms with Crippen molar-refractivity contribution in [3.05, 3.63) is 32.8 Å². The molecule has 106 valence electrons. The van der Waals surface area contributed by atoms with Gasteiger partial charge in [0.1, 0.15) is 0 Å². The summed E-state index contributed by atoms with van der Waals surface area (Å²) in [7, 11) is 0. The van der Waals surface area contributed by atoms with Gasteiger partial charge in [0, 0.05) is 21.6 Å². The maximum absolute atomic E-state index is 10.9. The number of rotatable bonds is 6. The first-order chi connectivity index (χ1) is 8.85. The van der Waals surface area contributed by atoms with Gasteiger partial charge >= 0.3 is 5.97 Å². The first-order valence-corrected chi connectivity index (χ1v) is 7.04. The fraction of sp³-hybridized carbons (Fsp3) is 0.462. The lowest BCUT2D eigenvalue weighted by Crippen LogP contribution is -2.25. The van der Waals surface area contributed by atoms with E-state index in [2.05, 4.69) is 0 Å². The van der Waals surface area contributed by atoms with Crippen molar-refractivity contribution in [1.29, 1.82) is 0 Å². The van der Waals surface area contributed by atoms with Gasteiger partial charge in [-0.2, -0.15) is 0 Å². The van der Waals surface area contributed by atoms with E-state index in [1.165, 1.54) is 0 Å². The Bertz CT molecular complexity index is 442. The average molecular weight is 325 g/mol. The highest BCUT2D eigenvalue weighted by Gasteiger charge is 2.20. The van der Waals surface area contributed by atoms with Crippen LogP contribution in [-0.4, -0.2) is 17.6 Å². The van der Waals surface area contributed by atoms with Crippen LogP contribution in [0.5, 0.6) is 0 Å². The van der Waals surface area contributed by atoms with E-state index in [1.807, 2.05) is 6.92 Å². The summed E-state index contributed by atoms with van der Waals surface area (Å²) in [6, 6.07) is 3.27. The molecule has 0 saturated carbocycles. The van der Waals surface area contributed by atoms with Crippen LogP contribution in [0.3, 0.4) is 0 Å². The Morgan fingerprint density at radius 3 is 2.26 bits per heavy atom. The quantitative estimate of drug-likeness (QED) is 0.835. The highest BCUT2D eigenvalue weighted by Crippen LogP contribution is 2.32. The topological polar surface area (TPSA) is 63.3 Å². The molecule has 0 fully saturated rings. The molecule has 0 radical (unpaired) electrons. The van der Waals surface area contributed by atoms with Gasteiger partial charge in [0.15, 0.2) is 0 Å². The molecule has 19 heavy (non-hydrogen) atoms. The van der Waals surface area contributed by atoms with Crippen LogP contribution in [-0.2, 0) is 11.2 Å². The largest absolute Gasteiger partial charge is 0.481 e. The molecule has 0 aromatic heterocycles. The number of carboxylic acid groups (broad SMARTS) is 1. The molecule has 2 unspecified atom stereocenters. The van der Waals surface area contributed by atoms with Crippen LogP contribution in [0, 0.1) is 11.8 Å². The molecule has 0 spiro atoms. The SMILES string of the molecule is CC(Cc1c(Cl)cc(Cl)cc1Cl)CC(CN)C(=O)O. The van der Waals surface area contributed by atoms with Gasteiger partial charge in [-0.25, -0.2) is 0 Å². The van der Waals surface area contributed by atoms with Gasteiger partial charge < -0.3 is 10.8 Å². The number of hydrogen-bond acceptors (Lipinski definition) is 2. The molecule has 0 aliphatic heterocycles. The second-order valence-electron chi connectivity index (χ2n) is 4.66. The van der Waals surface area contributed by atoms with Gasteiger partial charge in [0.05, 0.1) is 5.92 Å². The Hall–Kier alpha value is -0.480. The standard InChI is InChI=1S/C13H16Cl3NO2/c1-7(2-8(6-17)13(18)19)3-10-11(15)4-9(14)5-12(10)16/h4-5,7-8H,2-3,6,17H2,1H3,(H,18,19). The number of nitrogens with two attached hydrogens (primary N) is 1. The molecule has 1 rings (SSSR count). The maximum Gasteiger partial charge on any atom is 0.307 e. The smallest absolute Gasteiger partial charge is 0.307 e. The van der Waals surface area contributed by atoms with E-state index in [1.54, 1.807) is 12.1 Å². The number of carboxylic acids is 1. The van der Waals surface area contributed by atoms with Gasteiger partial charge in [0.25, 0.3) is 0 Å². The third kappa shape index (κ3) is 4.84. The zero-order chi connectivity index (χ0) is 14.6. The van der Waals surface area contributed by atoms with Crippen molar-refractivity contribution < 1.29 is 9.90 Å². The molecule has 0 heterocycles. The van der Waals surface area contributed by atoms with E-state index in [0.717, 1.165) is 5.56 Å². The monoisotopic (exact) mass is 323 g/mol. The van der Waals surface area contributed by atoms with Crippen LogP contribution in [0.2, 0.25) is 15.1 Å². The number of halogens is 3. The maximum atomic E-state index is 10.9. The van der Waals surface area contributed by atoms with Gasteiger partial charge in [-0.3, -0.25) is 4.79 Å². The van der Waals surface area contributed by atoms with Gasteiger partial charge in [-0.15, -0.1) is 0 Å². The van der Waals surface area contributed by atoms with Gasteiger partial charge in [-0.1, -0.05) is 41.7 Å².